The zero-order chi connectivity index (χ0) is 21.1. The molecule has 1 aliphatic rings. The van der Waals surface area contributed by atoms with Crippen LogP contribution in [0.3, 0.4) is 0 Å². The Morgan fingerprint density at radius 3 is 2.80 bits per heavy atom. The largest absolute Gasteiger partial charge is 0.493 e. The van der Waals surface area contributed by atoms with E-state index in [4.69, 9.17) is 20.9 Å². The van der Waals surface area contributed by atoms with Crippen molar-refractivity contribution in [3.8, 4) is 23.8 Å². The topological polar surface area (TPSA) is 72.0 Å². The molecule has 1 aromatic rings. The minimum atomic E-state index is -0.735. The summed E-state index contributed by atoms with van der Waals surface area (Å²) in [7, 11) is 0.868. The lowest BCUT2D eigenvalue weighted by Crippen LogP contribution is -2.46. The summed E-state index contributed by atoms with van der Waals surface area (Å²) in [5.74, 6) is 5.24. The maximum absolute atomic E-state index is 12.2. The van der Waals surface area contributed by atoms with Crippen molar-refractivity contribution in [2.75, 3.05) is 26.0 Å². The molecule has 1 aromatic carbocycles. The molecule has 0 heterocycles. The van der Waals surface area contributed by atoms with E-state index in [1.165, 1.54) is 0 Å². The van der Waals surface area contributed by atoms with E-state index in [1.54, 1.807) is 7.11 Å². The van der Waals surface area contributed by atoms with E-state index in [-0.39, 0.29) is 35.8 Å². The van der Waals surface area contributed by atoms with Crippen LogP contribution in [0.25, 0.3) is 0 Å². The molecule has 0 aliphatic heterocycles. The molecule has 0 aromatic heterocycles. The van der Waals surface area contributed by atoms with Crippen molar-refractivity contribution < 1.29 is 13.7 Å². The molecule has 30 heavy (non-hydrogen) atoms. The number of hydrogen-bond acceptors (Lipinski definition) is 4. The van der Waals surface area contributed by atoms with Crippen LogP contribution in [0.4, 0.5) is 0 Å². The van der Waals surface area contributed by atoms with Crippen LogP contribution in [0.15, 0.2) is 23.2 Å². The summed E-state index contributed by atoms with van der Waals surface area (Å²) in [6, 6.07) is 6.04. The molecule has 1 aliphatic carbocycles. The zero-order valence-corrected chi connectivity index (χ0v) is 21.3. The molecular formula is C22H34IN3O3S. The monoisotopic (exact) mass is 547 g/mol. The van der Waals surface area contributed by atoms with Crippen molar-refractivity contribution in [1.29, 1.82) is 0 Å². The molecule has 0 amide bonds. The number of terminal acetylenes is 1. The highest BCUT2D eigenvalue weighted by molar-refractivity contribution is 14.0. The highest BCUT2D eigenvalue weighted by Gasteiger charge is 2.26. The SMILES string of the molecule is C#CCOc1cc(CN=C(NCC)NC2CCCC(S(=O)CC)C2)ccc1OC.I. The first-order valence-corrected chi connectivity index (χ1v) is 11.6. The quantitative estimate of drug-likeness (QED) is 0.215. The van der Waals surface area contributed by atoms with E-state index in [0.717, 1.165) is 49.5 Å². The van der Waals surface area contributed by atoms with Gasteiger partial charge in [-0.2, -0.15) is 0 Å². The maximum Gasteiger partial charge on any atom is 0.191 e. The molecule has 0 bridgehead atoms. The Morgan fingerprint density at radius 2 is 2.13 bits per heavy atom. The minimum absolute atomic E-state index is 0. The van der Waals surface area contributed by atoms with Gasteiger partial charge < -0.3 is 20.1 Å². The first-order valence-electron chi connectivity index (χ1n) is 10.3. The molecule has 0 saturated heterocycles. The average molecular weight is 548 g/mol. The summed E-state index contributed by atoms with van der Waals surface area (Å²) in [5.41, 5.74) is 1.00. The Bertz CT molecular complexity index is 752. The van der Waals surface area contributed by atoms with Crippen LogP contribution in [-0.4, -0.2) is 47.5 Å². The lowest BCUT2D eigenvalue weighted by Gasteiger charge is -2.30. The van der Waals surface area contributed by atoms with Crippen LogP contribution in [0.2, 0.25) is 0 Å². The van der Waals surface area contributed by atoms with E-state index < -0.39 is 10.8 Å². The number of benzene rings is 1. The van der Waals surface area contributed by atoms with E-state index in [2.05, 4.69) is 16.6 Å². The van der Waals surface area contributed by atoms with Gasteiger partial charge in [-0.05, 0) is 43.9 Å². The summed E-state index contributed by atoms with van der Waals surface area (Å²) < 4.78 is 23.1. The summed E-state index contributed by atoms with van der Waals surface area (Å²) in [5, 5.41) is 7.12. The van der Waals surface area contributed by atoms with Crippen LogP contribution in [0, 0.1) is 12.3 Å². The molecule has 168 valence electrons. The third-order valence-corrected chi connectivity index (χ3v) is 6.67. The molecule has 3 unspecified atom stereocenters. The summed E-state index contributed by atoms with van der Waals surface area (Å²) in [6.07, 6.45) is 9.45. The number of guanidine groups is 1. The van der Waals surface area contributed by atoms with Crippen molar-refractivity contribution in [3.63, 3.8) is 0 Å². The van der Waals surface area contributed by atoms with Crippen LogP contribution in [-0.2, 0) is 17.3 Å². The van der Waals surface area contributed by atoms with Crippen LogP contribution < -0.4 is 20.1 Å². The highest BCUT2D eigenvalue weighted by Crippen LogP contribution is 2.28. The smallest absolute Gasteiger partial charge is 0.191 e. The standard InChI is InChI=1S/C22H33N3O3S.HI/c1-5-13-28-21-14-17(11-12-20(21)27-4)16-24-22(23-6-2)25-18-9-8-10-19(15-18)29(26)7-3;/h1,11-12,14,18-19H,6-10,13,15-16H2,2-4H3,(H2,23,24,25);1H. The van der Waals surface area contributed by atoms with Gasteiger partial charge in [0.25, 0.3) is 0 Å². The van der Waals surface area contributed by atoms with Crippen LogP contribution >= 0.6 is 24.0 Å². The van der Waals surface area contributed by atoms with Crippen molar-refractivity contribution in [3.05, 3.63) is 23.8 Å². The van der Waals surface area contributed by atoms with Crippen LogP contribution in [0.1, 0.15) is 45.1 Å². The number of nitrogens with one attached hydrogen (secondary N) is 2. The molecular weight excluding hydrogens is 513 g/mol. The number of halogens is 1. The molecule has 2 N–H and O–H groups in total. The van der Waals surface area contributed by atoms with Gasteiger partial charge in [0.2, 0.25) is 0 Å². The second-order valence-electron chi connectivity index (χ2n) is 6.97. The van der Waals surface area contributed by atoms with Gasteiger partial charge in [-0.25, -0.2) is 4.99 Å². The predicted molar refractivity (Wildman–Crippen MR) is 135 cm³/mol. The van der Waals surface area contributed by atoms with Gasteiger partial charge in [0.1, 0.15) is 6.61 Å². The van der Waals surface area contributed by atoms with E-state index in [9.17, 15) is 4.21 Å². The van der Waals surface area contributed by atoms with Crippen molar-refractivity contribution in [1.82, 2.24) is 10.6 Å². The fraction of sp³-hybridized carbons (Fsp3) is 0.591. The van der Waals surface area contributed by atoms with E-state index >= 15 is 0 Å². The predicted octanol–water partition coefficient (Wildman–Crippen LogP) is 3.46. The Morgan fingerprint density at radius 1 is 1.33 bits per heavy atom. The first kappa shape index (κ1) is 26.6. The number of nitrogens with zero attached hydrogens (tertiary/aromatic N) is 1. The number of rotatable bonds is 9. The van der Waals surface area contributed by atoms with Crippen LogP contribution in [0.5, 0.6) is 11.5 Å². The fourth-order valence-corrected chi connectivity index (χ4v) is 4.83. The molecule has 3 atom stereocenters. The van der Waals surface area contributed by atoms with Crippen molar-refractivity contribution >= 4 is 40.7 Å². The third kappa shape index (κ3) is 8.34. The zero-order valence-electron chi connectivity index (χ0n) is 18.1. The van der Waals surface area contributed by atoms with Gasteiger partial charge >= 0.3 is 0 Å². The maximum atomic E-state index is 12.2. The Hall–Kier alpha value is -1.47. The van der Waals surface area contributed by atoms with Crippen molar-refractivity contribution in [2.45, 2.75) is 57.4 Å². The molecule has 8 heteroatoms. The highest BCUT2D eigenvalue weighted by atomic mass is 127. The minimum Gasteiger partial charge on any atom is -0.493 e. The number of aliphatic imine (C=N–C) groups is 1. The Labute approximate surface area is 200 Å². The molecule has 0 spiro atoms. The molecule has 1 saturated carbocycles. The molecule has 1 fully saturated rings. The Kier molecular flexibility index (Phi) is 12.9. The normalized spacial score (nSPS) is 19.7. The summed E-state index contributed by atoms with van der Waals surface area (Å²) in [6.45, 7) is 5.52. The fourth-order valence-electron chi connectivity index (χ4n) is 3.49. The van der Waals surface area contributed by atoms with Crippen molar-refractivity contribution in [2.24, 2.45) is 4.99 Å². The summed E-state index contributed by atoms with van der Waals surface area (Å²) in [4.78, 5) is 4.73. The second-order valence-corrected chi connectivity index (χ2v) is 8.98. The lowest BCUT2D eigenvalue weighted by atomic mass is 9.95. The lowest BCUT2D eigenvalue weighted by molar-refractivity contribution is 0.330. The van der Waals surface area contributed by atoms with Gasteiger partial charge in [0.15, 0.2) is 17.5 Å². The first-order chi connectivity index (χ1) is 14.1. The van der Waals surface area contributed by atoms with E-state index in [1.807, 2.05) is 32.0 Å². The molecule has 0 radical (unpaired) electrons. The van der Waals surface area contributed by atoms with Gasteiger partial charge in [-0.15, -0.1) is 30.4 Å². The van der Waals surface area contributed by atoms with Gasteiger partial charge in [0.05, 0.1) is 13.7 Å². The van der Waals surface area contributed by atoms with Gasteiger partial charge in [0, 0.05) is 34.4 Å². The number of methoxy groups -OCH3 is 1. The Balaban J connectivity index is 0.00000450. The molecule has 2 rings (SSSR count). The third-order valence-electron chi connectivity index (χ3n) is 4.93. The van der Waals surface area contributed by atoms with Gasteiger partial charge in [-0.3, -0.25) is 4.21 Å². The molecule has 6 nitrogen and oxygen atoms in total. The van der Waals surface area contributed by atoms with Gasteiger partial charge in [-0.1, -0.05) is 25.3 Å². The van der Waals surface area contributed by atoms with E-state index in [0.29, 0.717) is 24.1 Å². The average Bonchev–Trinajstić information content (AvgIpc) is 2.75. The summed E-state index contributed by atoms with van der Waals surface area (Å²) >= 11 is 0. The second kappa shape index (κ2) is 14.5. The number of ether oxygens (including phenoxy) is 2. The number of hydrogen-bond donors (Lipinski definition) is 2.